The van der Waals surface area contributed by atoms with Gasteiger partial charge >= 0.3 is 11.9 Å². The molecule has 0 saturated carbocycles. The monoisotopic (exact) mass is 417 g/mol. The van der Waals surface area contributed by atoms with Crippen LogP contribution in [0, 0.1) is 0 Å². The number of benzene rings is 1. The molecule has 1 saturated heterocycles. The Morgan fingerprint density at radius 1 is 1.19 bits per heavy atom. The fourth-order valence-electron chi connectivity index (χ4n) is 2.40. The Morgan fingerprint density at radius 2 is 1.85 bits per heavy atom. The molecule has 1 unspecified atom stereocenters. The highest BCUT2D eigenvalue weighted by Gasteiger charge is 2.19. The molecule has 0 bridgehead atoms. The number of esters is 1. The second kappa shape index (κ2) is 10.4. The van der Waals surface area contributed by atoms with Gasteiger partial charge in [-0.15, -0.1) is 5.06 Å². The van der Waals surface area contributed by atoms with Crippen LogP contribution in [0.25, 0.3) is 0 Å². The zero-order valence-electron chi connectivity index (χ0n) is 15.1. The molecule has 1 aromatic rings. The zero-order chi connectivity index (χ0) is 19.8. The second-order valence-electron chi connectivity index (χ2n) is 5.69. The largest absolute Gasteiger partial charge is 0.491 e. The Balaban J connectivity index is 1.93. The van der Waals surface area contributed by atoms with Crippen LogP contribution in [0.4, 0.5) is 0 Å². The van der Waals surface area contributed by atoms with Crippen molar-refractivity contribution >= 4 is 35.1 Å². The van der Waals surface area contributed by atoms with Crippen molar-refractivity contribution in [1.29, 1.82) is 0 Å². The van der Waals surface area contributed by atoms with Crippen LogP contribution in [-0.4, -0.2) is 43.5 Å². The number of hydrogen-bond acceptors (Lipinski definition) is 7. The van der Waals surface area contributed by atoms with Crippen molar-refractivity contribution in [2.75, 3.05) is 20.2 Å². The summed E-state index contributed by atoms with van der Waals surface area (Å²) in [5.74, 6) is -0.856. The van der Waals surface area contributed by atoms with Crippen LogP contribution in [0.5, 0.6) is 11.5 Å². The van der Waals surface area contributed by atoms with Gasteiger partial charge in [0.1, 0.15) is 0 Å². The summed E-state index contributed by atoms with van der Waals surface area (Å²) in [5, 5.41) is 2.18. The predicted molar refractivity (Wildman–Crippen MR) is 99.9 cm³/mol. The fraction of sp³-hybridized carbons (Fsp3) is 0.444. The van der Waals surface area contributed by atoms with Gasteiger partial charge < -0.3 is 19.0 Å². The van der Waals surface area contributed by atoms with E-state index in [1.165, 1.54) is 19.2 Å². The summed E-state index contributed by atoms with van der Waals surface area (Å²) in [7, 11) is 1.43. The molecule has 0 N–H and O–H groups in total. The molecule has 0 aromatic heterocycles. The van der Waals surface area contributed by atoms with Crippen molar-refractivity contribution in [3.05, 3.63) is 34.3 Å². The highest BCUT2D eigenvalue weighted by atomic mass is 35.5. The van der Waals surface area contributed by atoms with Crippen molar-refractivity contribution in [2.24, 2.45) is 0 Å². The van der Waals surface area contributed by atoms with Crippen LogP contribution in [-0.2, 0) is 19.2 Å². The third-order valence-electron chi connectivity index (χ3n) is 3.66. The molecule has 9 heteroatoms. The van der Waals surface area contributed by atoms with Crippen LogP contribution in [0.15, 0.2) is 24.3 Å². The summed E-state index contributed by atoms with van der Waals surface area (Å²) in [6, 6.07) is 3.02. The van der Waals surface area contributed by atoms with E-state index in [0.717, 1.165) is 25.0 Å². The number of hydrogen-bond donors (Lipinski definition) is 0. The molecule has 27 heavy (non-hydrogen) atoms. The van der Waals surface area contributed by atoms with Crippen molar-refractivity contribution < 1.29 is 28.6 Å². The number of carbonyl (C=O) groups is 2. The molecular formula is C18H21Cl2NO6. The van der Waals surface area contributed by atoms with Crippen LogP contribution in [0.2, 0.25) is 10.0 Å². The quantitative estimate of drug-likeness (QED) is 0.362. The number of halogens is 2. The zero-order valence-corrected chi connectivity index (χ0v) is 16.6. The highest BCUT2D eigenvalue weighted by Crippen LogP contribution is 2.38. The summed E-state index contributed by atoms with van der Waals surface area (Å²) in [4.78, 5) is 28.7. The molecule has 0 spiro atoms. The normalized spacial score (nSPS) is 15.6. The SMILES string of the molecule is CCC(OC(=O)/C=C/C(=O)ON1CCCC1)Oc1cc(Cl)cc(Cl)c1OC. The Kier molecular flexibility index (Phi) is 8.22. The molecule has 1 aliphatic heterocycles. The van der Waals surface area contributed by atoms with E-state index in [4.69, 9.17) is 42.3 Å². The number of ether oxygens (including phenoxy) is 3. The van der Waals surface area contributed by atoms with E-state index in [-0.39, 0.29) is 16.5 Å². The van der Waals surface area contributed by atoms with Gasteiger partial charge in [-0.2, -0.15) is 0 Å². The van der Waals surface area contributed by atoms with Crippen molar-refractivity contribution in [1.82, 2.24) is 5.06 Å². The molecule has 1 aliphatic rings. The maximum Gasteiger partial charge on any atom is 0.349 e. The predicted octanol–water partition coefficient (Wildman–Crippen LogP) is 3.77. The summed E-state index contributed by atoms with van der Waals surface area (Å²) < 4.78 is 16.0. The number of methoxy groups -OCH3 is 1. The van der Waals surface area contributed by atoms with Crippen molar-refractivity contribution in [2.45, 2.75) is 32.5 Å². The third kappa shape index (κ3) is 6.61. The van der Waals surface area contributed by atoms with Crippen molar-refractivity contribution in [3.8, 4) is 11.5 Å². The van der Waals surface area contributed by atoms with Crippen molar-refractivity contribution in [3.63, 3.8) is 0 Å². The summed E-state index contributed by atoms with van der Waals surface area (Å²) >= 11 is 12.0. The van der Waals surface area contributed by atoms with Gasteiger partial charge in [-0.3, -0.25) is 0 Å². The first kappa shape index (κ1) is 21.3. The van der Waals surface area contributed by atoms with Gasteiger partial charge in [0, 0.05) is 42.8 Å². The van der Waals surface area contributed by atoms with E-state index < -0.39 is 18.2 Å². The Bertz CT molecular complexity index is 703. The summed E-state index contributed by atoms with van der Waals surface area (Å²) in [6.07, 6.45) is 3.40. The first-order valence-electron chi connectivity index (χ1n) is 8.48. The average molecular weight is 418 g/mol. The first-order chi connectivity index (χ1) is 12.9. The van der Waals surface area contributed by atoms with Gasteiger partial charge in [0.2, 0.25) is 6.29 Å². The first-order valence-corrected chi connectivity index (χ1v) is 9.23. The number of hydroxylamine groups is 2. The van der Waals surface area contributed by atoms with E-state index >= 15 is 0 Å². The number of rotatable bonds is 8. The molecule has 1 heterocycles. The Hall–Kier alpha value is -1.96. The molecule has 7 nitrogen and oxygen atoms in total. The lowest BCUT2D eigenvalue weighted by molar-refractivity contribution is -0.179. The van der Waals surface area contributed by atoms with E-state index in [0.29, 0.717) is 24.5 Å². The molecule has 0 amide bonds. The van der Waals surface area contributed by atoms with E-state index in [1.54, 1.807) is 12.0 Å². The molecule has 1 aromatic carbocycles. The number of nitrogens with zero attached hydrogens (tertiary/aromatic N) is 1. The van der Waals surface area contributed by atoms with Gasteiger partial charge in [0.05, 0.1) is 12.1 Å². The minimum Gasteiger partial charge on any atom is -0.491 e. The van der Waals surface area contributed by atoms with Crippen LogP contribution < -0.4 is 9.47 Å². The van der Waals surface area contributed by atoms with Gasteiger partial charge in [-0.25, -0.2) is 9.59 Å². The van der Waals surface area contributed by atoms with E-state index in [1.807, 2.05) is 0 Å². The molecule has 2 rings (SSSR count). The van der Waals surface area contributed by atoms with E-state index in [9.17, 15) is 9.59 Å². The van der Waals surface area contributed by atoms with E-state index in [2.05, 4.69) is 0 Å². The highest BCUT2D eigenvalue weighted by molar-refractivity contribution is 6.35. The van der Waals surface area contributed by atoms with Gasteiger partial charge in [0.25, 0.3) is 0 Å². The van der Waals surface area contributed by atoms with Crippen LogP contribution in [0.1, 0.15) is 26.2 Å². The third-order valence-corrected chi connectivity index (χ3v) is 4.16. The molecule has 0 aliphatic carbocycles. The van der Waals surface area contributed by atoms with Gasteiger partial charge in [0.15, 0.2) is 11.5 Å². The standard InChI is InChI=1S/C18H21Cl2NO6/c1-3-17(25-14-11-12(19)10-13(20)18(14)24-2)26-15(22)6-7-16(23)27-21-8-4-5-9-21/h6-7,10-11,17H,3-5,8-9H2,1-2H3/b7-6+. The topological polar surface area (TPSA) is 74.3 Å². The Labute approximate surface area is 167 Å². The summed E-state index contributed by atoms with van der Waals surface area (Å²) in [5.41, 5.74) is 0. The molecule has 0 radical (unpaired) electrons. The minimum absolute atomic E-state index is 0.243. The smallest absolute Gasteiger partial charge is 0.349 e. The number of carbonyl (C=O) groups excluding carboxylic acids is 2. The average Bonchev–Trinajstić information content (AvgIpc) is 3.12. The maximum absolute atomic E-state index is 11.9. The van der Waals surface area contributed by atoms with Crippen LogP contribution in [0.3, 0.4) is 0 Å². The summed E-state index contributed by atoms with van der Waals surface area (Å²) in [6.45, 7) is 3.15. The Morgan fingerprint density at radius 3 is 2.48 bits per heavy atom. The molecule has 148 valence electrons. The lowest BCUT2D eigenvalue weighted by Crippen LogP contribution is -2.24. The van der Waals surface area contributed by atoms with Crippen LogP contribution >= 0.6 is 23.2 Å². The minimum atomic E-state index is -0.916. The molecular weight excluding hydrogens is 397 g/mol. The molecule has 1 atom stereocenters. The lowest BCUT2D eigenvalue weighted by Gasteiger charge is -2.19. The fourth-order valence-corrected chi connectivity index (χ4v) is 2.95. The maximum atomic E-state index is 11.9. The van der Waals surface area contributed by atoms with Gasteiger partial charge in [-0.1, -0.05) is 30.1 Å². The second-order valence-corrected chi connectivity index (χ2v) is 6.53. The van der Waals surface area contributed by atoms with Gasteiger partial charge in [-0.05, 0) is 18.9 Å². The molecule has 1 fully saturated rings. The lowest BCUT2D eigenvalue weighted by atomic mass is 10.3.